The first-order valence-electron chi connectivity index (χ1n) is 11.0. The van der Waals surface area contributed by atoms with Gasteiger partial charge in [-0.05, 0) is 49.6 Å². The maximum Gasteiger partial charge on any atom is 0.260 e. The van der Waals surface area contributed by atoms with Gasteiger partial charge in [0.25, 0.3) is 5.91 Å². The van der Waals surface area contributed by atoms with Crippen LogP contribution in [-0.2, 0) is 4.79 Å². The van der Waals surface area contributed by atoms with Crippen molar-refractivity contribution in [2.45, 2.75) is 32.6 Å². The third-order valence-electron chi connectivity index (χ3n) is 5.87. The zero-order valence-corrected chi connectivity index (χ0v) is 17.8. The predicted molar refractivity (Wildman–Crippen MR) is 118 cm³/mol. The van der Waals surface area contributed by atoms with Gasteiger partial charge in [0.15, 0.2) is 18.2 Å². The SMILES string of the molecule is Cc1cccc(OCC(=O)N2CCN(c3ccc(N4CCCCCC4)nn3)CC2)c1. The summed E-state index contributed by atoms with van der Waals surface area (Å²) in [6, 6.07) is 11.9. The molecular weight excluding hydrogens is 378 g/mol. The molecule has 7 nitrogen and oxygen atoms in total. The Morgan fingerprint density at radius 2 is 1.50 bits per heavy atom. The van der Waals surface area contributed by atoms with E-state index in [4.69, 9.17) is 4.74 Å². The van der Waals surface area contributed by atoms with E-state index in [1.807, 2.05) is 36.1 Å². The van der Waals surface area contributed by atoms with Crippen LogP contribution in [0.3, 0.4) is 0 Å². The van der Waals surface area contributed by atoms with Crippen LogP contribution in [0.5, 0.6) is 5.75 Å². The lowest BCUT2D eigenvalue weighted by Gasteiger charge is -2.35. The van der Waals surface area contributed by atoms with Gasteiger partial charge in [-0.25, -0.2) is 0 Å². The van der Waals surface area contributed by atoms with Gasteiger partial charge in [-0.2, -0.15) is 0 Å². The van der Waals surface area contributed by atoms with E-state index in [-0.39, 0.29) is 12.5 Å². The molecule has 7 heteroatoms. The van der Waals surface area contributed by atoms with Gasteiger partial charge < -0.3 is 19.4 Å². The second kappa shape index (κ2) is 9.78. The van der Waals surface area contributed by atoms with Gasteiger partial charge >= 0.3 is 0 Å². The summed E-state index contributed by atoms with van der Waals surface area (Å²) in [5.41, 5.74) is 1.12. The largest absolute Gasteiger partial charge is 0.484 e. The van der Waals surface area contributed by atoms with Gasteiger partial charge in [-0.15, -0.1) is 10.2 Å². The van der Waals surface area contributed by atoms with Crippen molar-refractivity contribution in [3.8, 4) is 5.75 Å². The van der Waals surface area contributed by atoms with Crippen LogP contribution in [0, 0.1) is 6.92 Å². The molecule has 30 heavy (non-hydrogen) atoms. The minimum Gasteiger partial charge on any atom is -0.484 e. The highest BCUT2D eigenvalue weighted by atomic mass is 16.5. The first-order valence-corrected chi connectivity index (χ1v) is 11.0. The molecule has 0 radical (unpaired) electrons. The molecule has 0 atom stereocenters. The molecule has 2 aliphatic heterocycles. The van der Waals surface area contributed by atoms with Crippen molar-refractivity contribution < 1.29 is 9.53 Å². The fraction of sp³-hybridized carbons (Fsp3) is 0.522. The molecule has 0 unspecified atom stereocenters. The molecule has 0 saturated carbocycles. The van der Waals surface area contributed by atoms with Crippen LogP contribution in [-0.4, -0.2) is 66.9 Å². The number of aryl methyl sites for hydroxylation is 1. The Morgan fingerprint density at radius 3 is 2.10 bits per heavy atom. The van der Waals surface area contributed by atoms with Crippen molar-refractivity contribution >= 4 is 17.5 Å². The standard InChI is InChI=1S/C23H31N5O2/c1-19-7-6-8-20(17-19)30-18-23(29)28-15-13-27(14-16-28)22-10-9-21(24-25-22)26-11-4-2-3-5-12-26/h6-10,17H,2-5,11-16,18H2,1H3. The van der Waals surface area contributed by atoms with Crippen molar-refractivity contribution in [1.29, 1.82) is 0 Å². The molecular formula is C23H31N5O2. The Labute approximate surface area is 178 Å². The Balaban J connectivity index is 1.26. The smallest absolute Gasteiger partial charge is 0.260 e. The summed E-state index contributed by atoms with van der Waals surface area (Å²) in [7, 11) is 0. The summed E-state index contributed by atoms with van der Waals surface area (Å²) >= 11 is 0. The highest BCUT2D eigenvalue weighted by molar-refractivity contribution is 5.78. The topological polar surface area (TPSA) is 61.8 Å². The number of anilines is 2. The van der Waals surface area contributed by atoms with Crippen LogP contribution in [0.4, 0.5) is 11.6 Å². The number of hydrogen-bond donors (Lipinski definition) is 0. The van der Waals surface area contributed by atoms with E-state index >= 15 is 0 Å². The van der Waals surface area contributed by atoms with Gasteiger partial charge in [0.05, 0.1) is 0 Å². The van der Waals surface area contributed by atoms with Crippen LogP contribution in [0.1, 0.15) is 31.2 Å². The van der Waals surface area contributed by atoms with E-state index in [2.05, 4.69) is 32.1 Å². The highest BCUT2D eigenvalue weighted by Gasteiger charge is 2.23. The third kappa shape index (κ3) is 5.20. The van der Waals surface area contributed by atoms with Gasteiger partial charge in [0, 0.05) is 39.3 Å². The van der Waals surface area contributed by atoms with Crippen molar-refractivity contribution in [3.63, 3.8) is 0 Å². The molecule has 2 aliphatic rings. The number of piperazine rings is 1. The van der Waals surface area contributed by atoms with E-state index in [0.717, 1.165) is 49.1 Å². The molecule has 3 heterocycles. The molecule has 2 saturated heterocycles. The van der Waals surface area contributed by atoms with E-state index in [1.165, 1.54) is 25.7 Å². The summed E-state index contributed by atoms with van der Waals surface area (Å²) in [6.07, 6.45) is 5.07. The molecule has 1 amide bonds. The van der Waals surface area contributed by atoms with Gasteiger partial charge in [-0.1, -0.05) is 25.0 Å². The second-order valence-corrected chi connectivity index (χ2v) is 8.12. The number of hydrogen-bond acceptors (Lipinski definition) is 6. The maximum absolute atomic E-state index is 12.5. The lowest BCUT2D eigenvalue weighted by atomic mass is 10.2. The number of carbonyl (C=O) groups is 1. The Bertz CT molecular complexity index is 826. The molecule has 0 spiro atoms. The Hall–Kier alpha value is -2.83. The molecule has 1 aromatic carbocycles. The first-order chi connectivity index (χ1) is 14.7. The lowest BCUT2D eigenvalue weighted by molar-refractivity contribution is -0.133. The molecule has 1 aromatic heterocycles. The van der Waals surface area contributed by atoms with Crippen molar-refractivity contribution in [2.75, 3.05) is 55.7 Å². The van der Waals surface area contributed by atoms with Gasteiger partial charge in [-0.3, -0.25) is 4.79 Å². The van der Waals surface area contributed by atoms with Crippen molar-refractivity contribution in [2.24, 2.45) is 0 Å². The monoisotopic (exact) mass is 409 g/mol. The van der Waals surface area contributed by atoms with Crippen LogP contribution in [0.2, 0.25) is 0 Å². The Morgan fingerprint density at radius 1 is 0.867 bits per heavy atom. The van der Waals surface area contributed by atoms with E-state index in [9.17, 15) is 4.79 Å². The van der Waals surface area contributed by atoms with Gasteiger partial charge in [0.1, 0.15) is 5.75 Å². The maximum atomic E-state index is 12.5. The highest BCUT2D eigenvalue weighted by Crippen LogP contribution is 2.20. The number of rotatable bonds is 5. The molecule has 2 fully saturated rings. The lowest BCUT2D eigenvalue weighted by Crippen LogP contribution is -2.50. The summed E-state index contributed by atoms with van der Waals surface area (Å²) in [5.74, 6) is 2.62. The van der Waals surface area contributed by atoms with Crippen molar-refractivity contribution in [1.82, 2.24) is 15.1 Å². The normalized spacial score (nSPS) is 17.6. The molecule has 0 N–H and O–H groups in total. The summed E-state index contributed by atoms with van der Waals surface area (Å²) in [5, 5.41) is 8.95. The third-order valence-corrected chi connectivity index (χ3v) is 5.87. The van der Waals surface area contributed by atoms with Crippen LogP contribution in [0.25, 0.3) is 0 Å². The number of benzene rings is 1. The fourth-order valence-corrected chi connectivity index (χ4v) is 4.08. The number of aromatic nitrogens is 2. The predicted octanol–water partition coefficient (Wildman–Crippen LogP) is 2.89. The van der Waals surface area contributed by atoms with Crippen LogP contribution < -0.4 is 14.5 Å². The number of carbonyl (C=O) groups excluding carboxylic acids is 1. The summed E-state index contributed by atoms with van der Waals surface area (Å²) in [6.45, 7) is 7.09. The van der Waals surface area contributed by atoms with Crippen molar-refractivity contribution in [3.05, 3.63) is 42.0 Å². The first kappa shape index (κ1) is 20.4. The van der Waals surface area contributed by atoms with Gasteiger partial charge in [0.2, 0.25) is 0 Å². The summed E-state index contributed by atoms with van der Waals surface area (Å²) < 4.78 is 5.66. The molecule has 160 valence electrons. The average Bonchev–Trinajstić information content (AvgIpc) is 3.07. The quantitative estimate of drug-likeness (QED) is 0.757. The fourth-order valence-electron chi connectivity index (χ4n) is 4.08. The second-order valence-electron chi connectivity index (χ2n) is 8.12. The molecule has 0 aliphatic carbocycles. The minimum absolute atomic E-state index is 0.0266. The zero-order chi connectivity index (χ0) is 20.8. The molecule has 4 rings (SSSR count). The van der Waals surface area contributed by atoms with Crippen LogP contribution >= 0.6 is 0 Å². The minimum atomic E-state index is 0.0266. The Kier molecular flexibility index (Phi) is 6.67. The average molecular weight is 410 g/mol. The number of amides is 1. The van der Waals surface area contributed by atoms with E-state index in [1.54, 1.807) is 0 Å². The van der Waals surface area contributed by atoms with E-state index < -0.39 is 0 Å². The van der Waals surface area contributed by atoms with E-state index in [0.29, 0.717) is 13.1 Å². The number of ether oxygens (including phenoxy) is 1. The zero-order valence-electron chi connectivity index (χ0n) is 17.8. The molecule has 0 bridgehead atoms. The number of nitrogens with zero attached hydrogens (tertiary/aromatic N) is 5. The summed E-state index contributed by atoms with van der Waals surface area (Å²) in [4.78, 5) is 18.9. The molecule has 2 aromatic rings. The van der Waals surface area contributed by atoms with Crippen LogP contribution in [0.15, 0.2) is 36.4 Å².